The molecule has 0 N–H and O–H groups in total. The van der Waals surface area contributed by atoms with Crippen LogP contribution in [0.4, 0.5) is 0 Å². The van der Waals surface area contributed by atoms with E-state index >= 15 is 0 Å². The average Bonchev–Trinajstić information content (AvgIpc) is 3.22. The second-order valence-corrected chi connectivity index (χ2v) is 9.33. The standard InChI is InChI=1S/C27H32O7/c1-27(2,34-26(29)17-11-13-32-14-12-17)16-33-24-21(8-10-23(30-3)25(24)31-4)19-5-7-20-18(15-19)6-9-22(20)28/h5,7-8,10,15,17H,6,9,11-14,16H2,1-4H3. The highest BCUT2D eigenvalue weighted by Crippen LogP contribution is 2.45. The van der Waals surface area contributed by atoms with E-state index in [1.807, 2.05) is 44.2 Å². The van der Waals surface area contributed by atoms with Gasteiger partial charge in [-0.1, -0.05) is 18.2 Å². The zero-order valence-electron chi connectivity index (χ0n) is 20.3. The summed E-state index contributed by atoms with van der Waals surface area (Å²) in [6.45, 7) is 4.94. The number of Topliss-reactive ketones (excluding diaryl/α,β-unsaturated/α-hetero) is 1. The second-order valence-electron chi connectivity index (χ2n) is 9.33. The molecule has 4 rings (SSSR count). The van der Waals surface area contributed by atoms with Gasteiger partial charge in [0.25, 0.3) is 0 Å². The number of aryl methyl sites for hydroxylation is 1. The number of carbonyl (C=O) groups excluding carboxylic acids is 2. The molecule has 2 aromatic rings. The van der Waals surface area contributed by atoms with Crippen LogP contribution in [0.3, 0.4) is 0 Å². The van der Waals surface area contributed by atoms with E-state index in [-0.39, 0.29) is 24.3 Å². The van der Waals surface area contributed by atoms with E-state index in [4.69, 9.17) is 23.7 Å². The second kappa shape index (κ2) is 10.1. The summed E-state index contributed by atoms with van der Waals surface area (Å²) in [5.74, 6) is 1.31. The number of esters is 1. The summed E-state index contributed by atoms with van der Waals surface area (Å²) in [7, 11) is 3.13. The first-order chi connectivity index (χ1) is 16.3. The summed E-state index contributed by atoms with van der Waals surface area (Å²) in [5, 5.41) is 0. The number of benzene rings is 2. The van der Waals surface area contributed by atoms with E-state index in [1.54, 1.807) is 14.2 Å². The first kappa shape index (κ1) is 24.1. The van der Waals surface area contributed by atoms with Crippen LogP contribution in [0.5, 0.6) is 17.2 Å². The first-order valence-electron chi connectivity index (χ1n) is 11.7. The minimum Gasteiger partial charge on any atom is -0.493 e. The van der Waals surface area contributed by atoms with Crippen LogP contribution in [0.25, 0.3) is 11.1 Å². The van der Waals surface area contributed by atoms with Crippen LogP contribution in [0.15, 0.2) is 30.3 Å². The summed E-state index contributed by atoms with van der Waals surface area (Å²) in [4.78, 5) is 24.7. The van der Waals surface area contributed by atoms with Crippen LogP contribution < -0.4 is 14.2 Å². The molecule has 7 nitrogen and oxygen atoms in total. The van der Waals surface area contributed by atoms with Crippen molar-refractivity contribution in [2.75, 3.05) is 34.0 Å². The minimum absolute atomic E-state index is 0.127. The summed E-state index contributed by atoms with van der Waals surface area (Å²) < 4.78 is 28.6. The topological polar surface area (TPSA) is 80.3 Å². The molecule has 0 spiro atoms. The van der Waals surface area contributed by atoms with E-state index in [1.165, 1.54) is 0 Å². The number of ether oxygens (including phenoxy) is 5. The van der Waals surface area contributed by atoms with Crippen LogP contribution in [0.2, 0.25) is 0 Å². The third kappa shape index (κ3) is 5.04. The van der Waals surface area contributed by atoms with Crippen LogP contribution >= 0.6 is 0 Å². The van der Waals surface area contributed by atoms with Crippen LogP contribution in [-0.4, -0.2) is 51.4 Å². The summed E-state index contributed by atoms with van der Waals surface area (Å²) >= 11 is 0. The van der Waals surface area contributed by atoms with Gasteiger partial charge in [0.15, 0.2) is 17.3 Å². The molecule has 0 saturated carbocycles. The van der Waals surface area contributed by atoms with Gasteiger partial charge >= 0.3 is 5.97 Å². The lowest BCUT2D eigenvalue weighted by Gasteiger charge is -2.29. The summed E-state index contributed by atoms with van der Waals surface area (Å²) in [5.41, 5.74) is 2.69. The van der Waals surface area contributed by atoms with Crippen LogP contribution in [0.1, 0.15) is 49.0 Å². The van der Waals surface area contributed by atoms with Gasteiger partial charge in [-0.05, 0) is 56.4 Å². The van der Waals surface area contributed by atoms with Gasteiger partial charge in [-0.3, -0.25) is 9.59 Å². The monoisotopic (exact) mass is 468 g/mol. The van der Waals surface area contributed by atoms with Gasteiger partial charge in [-0.2, -0.15) is 0 Å². The maximum absolute atomic E-state index is 12.7. The third-order valence-electron chi connectivity index (χ3n) is 6.33. The molecule has 1 fully saturated rings. The normalized spacial score (nSPS) is 16.2. The molecule has 0 bridgehead atoms. The highest BCUT2D eigenvalue weighted by molar-refractivity contribution is 6.01. The van der Waals surface area contributed by atoms with Crippen molar-refractivity contribution in [2.24, 2.45) is 5.92 Å². The van der Waals surface area contributed by atoms with Gasteiger partial charge in [0, 0.05) is 30.8 Å². The van der Waals surface area contributed by atoms with Crippen molar-refractivity contribution in [1.82, 2.24) is 0 Å². The van der Waals surface area contributed by atoms with E-state index in [2.05, 4.69) is 0 Å². The highest BCUT2D eigenvalue weighted by Gasteiger charge is 2.31. The Kier molecular flexibility index (Phi) is 7.12. The Bertz CT molecular complexity index is 1070. The molecule has 1 aliphatic carbocycles. The number of rotatable bonds is 8. The molecule has 1 aliphatic heterocycles. The molecule has 0 radical (unpaired) electrons. The third-order valence-corrected chi connectivity index (χ3v) is 6.33. The van der Waals surface area contributed by atoms with E-state index < -0.39 is 5.60 Å². The van der Waals surface area contributed by atoms with Crippen molar-refractivity contribution in [1.29, 1.82) is 0 Å². The van der Waals surface area contributed by atoms with Gasteiger partial charge in [-0.15, -0.1) is 0 Å². The smallest absolute Gasteiger partial charge is 0.309 e. The molecule has 7 heteroatoms. The van der Waals surface area contributed by atoms with Crippen LogP contribution in [-0.2, 0) is 20.7 Å². The number of methoxy groups -OCH3 is 2. The largest absolute Gasteiger partial charge is 0.493 e. The van der Waals surface area contributed by atoms with Crippen molar-refractivity contribution in [3.05, 3.63) is 41.5 Å². The predicted molar refractivity (Wildman–Crippen MR) is 127 cm³/mol. The first-order valence-corrected chi connectivity index (χ1v) is 11.7. The molecule has 182 valence electrons. The Morgan fingerprint density at radius 2 is 1.74 bits per heavy atom. The Balaban J connectivity index is 1.60. The lowest BCUT2D eigenvalue weighted by atomic mass is 9.99. The molecule has 0 atom stereocenters. The van der Waals surface area contributed by atoms with Crippen molar-refractivity contribution in [3.63, 3.8) is 0 Å². The van der Waals surface area contributed by atoms with Gasteiger partial charge in [0.2, 0.25) is 5.75 Å². The molecule has 0 amide bonds. The van der Waals surface area contributed by atoms with Crippen LogP contribution in [0, 0.1) is 5.92 Å². The summed E-state index contributed by atoms with van der Waals surface area (Å²) in [6.07, 6.45) is 2.62. The number of carbonyl (C=O) groups is 2. The Hall–Kier alpha value is -3.06. The Morgan fingerprint density at radius 3 is 2.44 bits per heavy atom. The van der Waals surface area contributed by atoms with E-state index in [0.717, 1.165) is 28.7 Å². The zero-order valence-corrected chi connectivity index (χ0v) is 20.3. The van der Waals surface area contributed by atoms with Gasteiger partial charge < -0.3 is 23.7 Å². The fourth-order valence-corrected chi connectivity index (χ4v) is 4.46. The molecule has 0 aromatic heterocycles. The molecular weight excluding hydrogens is 436 g/mol. The predicted octanol–water partition coefficient (Wildman–Crippen LogP) is 4.63. The van der Waals surface area contributed by atoms with Gasteiger partial charge in [0.05, 0.1) is 20.1 Å². The van der Waals surface area contributed by atoms with Gasteiger partial charge in [-0.25, -0.2) is 0 Å². The number of fused-ring (bicyclic) bond motifs is 1. The molecule has 2 aliphatic rings. The quantitative estimate of drug-likeness (QED) is 0.523. The fraction of sp³-hybridized carbons (Fsp3) is 0.481. The number of ketones is 1. The summed E-state index contributed by atoms with van der Waals surface area (Å²) in [6, 6.07) is 9.57. The maximum atomic E-state index is 12.7. The molecule has 1 heterocycles. The Labute approximate surface area is 200 Å². The minimum atomic E-state index is -0.856. The van der Waals surface area contributed by atoms with Gasteiger partial charge in [0.1, 0.15) is 12.2 Å². The maximum Gasteiger partial charge on any atom is 0.309 e. The van der Waals surface area contributed by atoms with Crippen molar-refractivity contribution in [3.8, 4) is 28.4 Å². The molecule has 34 heavy (non-hydrogen) atoms. The van der Waals surface area contributed by atoms with E-state index in [0.29, 0.717) is 49.7 Å². The SMILES string of the molecule is COc1ccc(-c2ccc3c(c2)CCC3=O)c(OCC(C)(C)OC(=O)C2CCOCC2)c1OC. The fourth-order valence-electron chi connectivity index (χ4n) is 4.46. The lowest BCUT2D eigenvalue weighted by Crippen LogP contribution is -2.38. The van der Waals surface area contributed by atoms with Crippen molar-refractivity contribution < 1.29 is 33.3 Å². The molecule has 1 saturated heterocycles. The number of hydrogen-bond donors (Lipinski definition) is 0. The van der Waals surface area contributed by atoms with Crippen molar-refractivity contribution >= 4 is 11.8 Å². The van der Waals surface area contributed by atoms with E-state index in [9.17, 15) is 9.59 Å². The average molecular weight is 469 g/mol. The molecule has 2 aromatic carbocycles. The highest BCUT2D eigenvalue weighted by atomic mass is 16.6. The number of hydrogen-bond acceptors (Lipinski definition) is 7. The lowest BCUT2D eigenvalue weighted by molar-refractivity contribution is -0.167. The zero-order chi connectivity index (χ0) is 24.3. The molecule has 0 unspecified atom stereocenters. The molecular formula is C27H32O7. The van der Waals surface area contributed by atoms with Crippen molar-refractivity contribution in [2.45, 2.75) is 45.1 Å². The Morgan fingerprint density at radius 1 is 1.00 bits per heavy atom.